The first kappa shape index (κ1) is 15.4. The third-order valence-corrected chi connectivity index (χ3v) is 6.49. The van der Waals surface area contributed by atoms with Crippen molar-refractivity contribution in [2.24, 2.45) is 0 Å². The van der Waals surface area contributed by atoms with Gasteiger partial charge in [-0.3, -0.25) is 0 Å². The topological polar surface area (TPSA) is 83.9 Å². The van der Waals surface area contributed by atoms with Gasteiger partial charge in [-0.05, 0) is 37.5 Å². The fourth-order valence-corrected chi connectivity index (χ4v) is 4.96. The van der Waals surface area contributed by atoms with Crippen molar-refractivity contribution in [2.75, 3.05) is 19.8 Å². The van der Waals surface area contributed by atoms with Crippen LogP contribution in [-0.2, 0) is 14.8 Å². The summed E-state index contributed by atoms with van der Waals surface area (Å²) in [6.45, 7) is 1.42. The second-order valence-electron chi connectivity index (χ2n) is 5.61. The Morgan fingerprint density at radius 2 is 1.95 bits per heavy atom. The van der Waals surface area contributed by atoms with Crippen LogP contribution in [0.4, 0.5) is 4.39 Å². The fourth-order valence-electron chi connectivity index (χ4n) is 3.10. The predicted molar refractivity (Wildman–Crippen MR) is 74.7 cm³/mol. The van der Waals surface area contributed by atoms with Crippen LogP contribution in [-0.4, -0.2) is 49.1 Å². The Hall–Kier alpha value is -1.51. The highest BCUT2D eigenvalue weighted by atomic mass is 32.2. The number of hydrogen-bond donors (Lipinski definition) is 1. The van der Waals surface area contributed by atoms with Crippen molar-refractivity contribution in [3.8, 4) is 0 Å². The van der Waals surface area contributed by atoms with Crippen molar-refractivity contribution in [1.82, 2.24) is 4.31 Å². The Morgan fingerprint density at radius 1 is 1.27 bits per heavy atom. The molecule has 6 nitrogen and oxygen atoms in total. The summed E-state index contributed by atoms with van der Waals surface area (Å²) in [6.07, 6.45) is 2.02. The van der Waals surface area contributed by atoms with E-state index in [0.29, 0.717) is 32.6 Å². The molecule has 0 unspecified atom stereocenters. The maximum Gasteiger partial charge on any atom is 0.338 e. The SMILES string of the molecule is O=C(O)c1ccc(S(=O)(=O)N2CCC23CCOCC3)cc1F. The first-order valence-corrected chi connectivity index (χ1v) is 8.44. The molecule has 2 saturated heterocycles. The minimum Gasteiger partial charge on any atom is -0.478 e. The molecule has 2 aliphatic rings. The van der Waals surface area contributed by atoms with Crippen molar-refractivity contribution >= 4 is 16.0 Å². The number of rotatable bonds is 3. The number of nitrogens with zero attached hydrogens (tertiary/aromatic N) is 1. The van der Waals surface area contributed by atoms with Crippen LogP contribution >= 0.6 is 0 Å². The molecule has 0 aliphatic carbocycles. The molecule has 0 radical (unpaired) electrons. The highest BCUT2D eigenvalue weighted by molar-refractivity contribution is 7.89. The highest BCUT2D eigenvalue weighted by Crippen LogP contribution is 2.43. The van der Waals surface area contributed by atoms with Crippen LogP contribution in [0.1, 0.15) is 29.6 Å². The van der Waals surface area contributed by atoms with Crippen molar-refractivity contribution < 1.29 is 27.4 Å². The van der Waals surface area contributed by atoms with Gasteiger partial charge in [0.1, 0.15) is 5.82 Å². The average Bonchev–Trinajstić information content (AvgIpc) is 2.46. The molecule has 0 amide bonds. The molecule has 1 N–H and O–H groups in total. The summed E-state index contributed by atoms with van der Waals surface area (Å²) in [4.78, 5) is 10.6. The number of carbonyl (C=O) groups is 1. The molecule has 2 aliphatic heterocycles. The zero-order valence-corrected chi connectivity index (χ0v) is 12.6. The molecule has 1 aromatic carbocycles. The Morgan fingerprint density at radius 3 is 2.45 bits per heavy atom. The van der Waals surface area contributed by atoms with Gasteiger partial charge in [-0.15, -0.1) is 0 Å². The summed E-state index contributed by atoms with van der Waals surface area (Å²) >= 11 is 0. The molecule has 3 rings (SSSR count). The summed E-state index contributed by atoms with van der Waals surface area (Å²) in [5.41, 5.74) is -0.970. The maximum atomic E-state index is 13.8. The molecule has 8 heteroatoms. The molecule has 2 fully saturated rings. The maximum absolute atomic E-state index is 13.8. The van der Waals surface area contributed by atoms with Gasteiger partial charge in [0, 0.05) is 25.3 Å². The van der Waals surface area contributed by atoms with Gasteiger partial charge < -0.3 is 9.84 Å². The van der Waals surface area contributed by atoms with Crippen LogP contribution in [0.2, 0.25) is 0 Å². The summed E-state index contributed by atoms with van der Waals surface area (Å²) < 4.78 is 45.8. The molecule has 0 aromatic heterocycles. The lowest BCUT2D eigenvalue weighted by molar-refractivity contribution is -0.0426. The molecule has 0 atom stereocenters. The number of ether oxygens (including phenoxy) is 1. The Labute approximate surface area is 127 Å². The minimum absolute atomic E-state index is 0.208. The Bertz CT molecular complexity index is 712. The first-order chi connectivity index (χ1) is 10.4. The number of sulfonamides is 1. The van der Waals surface area contributed by atoms with Crippen molar-refractivity contribution in [2.45, 2.75) is 29.7 Å². The van der Waals surface area contributed by atoms with E-state index in [1.807, 2.05) is 0 Å². The van der Waals surface area contributed by atoms with Gasteiger partial charge in [-0.1, -0.05) is 0 Å². The van der Waals surface area contributed by atoms with Gasteiger partial charge in [0.15, 0.2) is 0 Å². The molecule has 2 heterocycles. The van der Waals surface area contributed by atoms with E-state index in [0.717, 1.165) is 24.6 Å². The Balaban J connectivity index is 1.93. The third-order valence-electron chi connectivity index (χ3n) is 4.49. The van der Waals surface area contributed by atoms with Crippen LogP contribution in [0.15, 0.2) is 23.1 Å². The summed E-state index contributed by atoms with van der Waals surface area (Å²) in [5, 5.41) is 8.81. The van der Waals surface area contributed by atoms with Crippen molar-refractivity contribution in [3.05, 3.63) is 29.6 Å². The molecule has 1 aromatic rings. The van der Waals surface area contributed by atoms with Crippen LogP contribution in [0.5, 0.6) is 0 Å². The van der Waals surface area contributed by atoms with Gasteiger partial charge in [0.2, 0.25) is 10.0 Å². The number of hydrogen-bond acceptors (Lipinski definition) is 4. The standard InChI is InChI=1S/C14H16FNO5S/c15-12-9-10(1-2-11(12)13(17)18)22(19,20)16-6-3-14(16)4-7-21-8-5-14/h1-2,9H,3-8H2,(H,17,18). The number of carboxylic acid groups (broad SMARTS) is 1. The summed E-state index contributed by atoms with van der Waals surface area (Å²) in [6, 6.07) is 2.92. The van der Waals surface area contributed by atoms with E-state index in [9.17, 15) is 17.6 Å². The van der Waals surface area contributed by atoms with Gasteiger partial charge >= 0.3 is 5.97 Å². The van der Waals surface area contributed by atoms with E-state index < -0.39 is 32.9 Å². The van der Waals surface area contributed by atoms with Gasteiger partial charge in [-0.25, -0.2) is 17.6 Å². The van der Waals surface area contributed by atoms with Gasteiger partial charge in [0.25, 0.3) is 0 Å². The molecule has 1 spiro atoms. The van der Waals surface area contributed by atoms with E-state index in [4.69, 9.17) is 9.84 Å². The number of aromatic carboxylic acids is 1. The molecule has 22 heavy (non-hydrogen) atoms. The lowest BCUT2D eigenvalue weighted by Gasteiger charge is -2.53. The van der Waals surface area contributed by atoms with E-state index in [1.54, 1.807) is 0 Å². The molecule has 0 saturated carbocycles. The van der Waals surface area contributed by atoms with Crippen molar-refractivity contribution in [1.29, 1.82) is 0 Å². The predicted octanol–water partition coefficient (Wildman–Crippen LogP) is 1.47. The minimum atomic E-state index is -3.83. The average molecular weight is 329 g/mol. The Kier molecular flexibility index (Phi) is 3.70. The molecular formula is C14H16FNO5S. The fraction of sp³-hybridized carbons (Fsp3) is 0.500. The van der Waals surface area contributed by atoms with Crippen molar-refractivity contribution in [3.63, 3.8) is 0 Å². The number of carboxylic acids is 1. The molecule has 120 valence electrons. The highest BCUT2D eigenvalue weighted by Gasteiger charge is 2.51. The summed E-state index contributed by atoms with van der Waals surface area (Å²) in [7, 11) is -3.83. The monoisotopic (exact) mass is 329 g/mol. The molecular weight excluding hydrogens is 313 g/mol. The van der Waals surface area contributed by atoms with Crippen LogP contribution in [0.25, 0.3) is 0 Å². The zero-order chi connectivity index (χ0) is 16.0. The van der Waals surface area contributed by atoms with E-state index >= 15 is 0 Å². The van der Waals surface area contributed by atoms with Gasteiger partial charge in [0.05, 0.1) is 10.5 Å². The van der Waals surface area contributed by atoms with Crippen LogP contribution in [0.3, 0.4) is 0 Å². The smallest absolute Gasteiger partial charge is 0.338 e. The molecule has 0 bridgehead atoms. The number of benzene rings is 1. The first-order valence-electron chi connectivity index (χ1n) is 7.00. The van der Waals surface area contributed by atoms with Crippen LogP contribution in [0, 0.1) is 5.82 Å². The van der Waals surface area contributed by atoms with Crippen LogP contribution < -0.4 is 0 Å². The second kappa shape index (κ2) is 5.29. The largest absolute Gasteiger partial charge is 0.478 e. The lowest BCUT2D eigenvalue weighted by atomic mass is 9.81. The normalized spacial score (nSPS) is 21.5. The van der Waals surface area contributed by atoms with E-state index in [-0.39, 0.29) is 4.90 Å². The quantitative estimate of drug-likeness (QED) is 0.908. The van der Waals surface area contributed by atoms with E-state index in [2.05, 4.69) is 0 Å². The zero-order valence-electron chi connectivity index (χ0n) is 11.8. The van der Waals surface area contributed by atoms with Gasteiger partial charge in [-0.2, -0.15) is 4.31 Å². The number of halogens is 1. The summed E-state index contributed by atoms with van der Waals surface area (Å²) in [5.74, 6) is -2.47. The third kappa shape index (κ3) is 2.31. The second-order valence-corrected chi connectivity index (χ2v) is 7.47. The lowest BCUT2D eigenvalue weighted by Crippen LogP contribution is -2.63. The van der Waals surface area contributed by atoms with E-state index in [1.165, 1.54) is 4.31 Å².